The summed E-state index contributed by atoms with van der Waals surface area (Å²) in [5.74, 6) is -0.380. The van der Waals surface area contributed by atoms with Gasteiger partial charge in [0.05, 0.1) is 11.3 Å². The van der Waals surface area contributed by atoms with Crippen LogP contribution in [0.15, 0.2) is 46.9 Å². The van der Waals surface area contributed by atoms with Gasteiger partial charge in [-0.2, -0.15) is 5.26 Å². The highest BCUT2D eigenvalue weighted by molar-refractivity contribution is 9.10. The maximum Gasteiger partial charge on any atom is 0.323 e. The monoisotopic (exact) mass is 333 g/mol. The second-order valence-electron chi connectivity index (χ2n) is 3.89. The molecule has 20 heavy (non-hydrogen) atoms. The Labute approximate surface area is 123 Å². The average molecular weight is 334 g/mol. The number of hydrogen-bond donors (Lipinski definition) is 2. The summed E-state index contributed by atoms with van der Waals surface area (Å²) in [5.41, 5.74) is 1.20. The number of halogens is 2. The predicted molar refractivity (Wildman–Crippen MR) is 77.9 cm³/mol. The Morgan fingerprint density at radius 3 is 2.50 bits per heavy atom. The molecular weight excluding hydrogens is 325 g/mol. The third-order valence-electron chi connectivity index (χ3n) is 2.45. The minimum absolute atomic E-state index is 0.349. The second kappa shape index (κ2) is 6.17. The van der Waals surface area contributed by atoms with Gasteiger partial charge < -0.3 is 10.6 Å². The molecule has 0 saturated heterocycles. The molecule has 0 bridgehead atoms. The minimum atomic E-state index is -0.508. The molecule has 0 fully saturated rings. The molecule has 0 spiro atoms. The van der Waals surface area contributed by atoms with Gasteiger partial charge in [0.15, 0.2) is 0 Å². The molecule has 2 rings (SSSR count). The van der Waals surface area contributed by atoms with Crippen molar-refractivity contribution in [2.45, 2.75) is 0 Å². The van der Waals surface area contributed by atoms with Crippen LogP contribution in [0.3, 0.4) is 0 Å². The quantitative estimate of drug-likeness (QED) is 0.868. The van der Waals surface area contributed by atoms with E-state index in [-0.39, 0.29) is 5.82 Å². The van der Waals surface area contributed by atoms with Gasteiger partial charge in [0.1, 0.15) is 11.9 Å². The molecule has 2 aromatic carbocycles. The van der Waals surface area contributed by atoms with E-state index >= 15 is 0 Å². The number of benzene rings is 2. The Balaban J connectivity index is 2.10. The minimum Gasteiger partial charge on any atom is -0.308 e. The molecule has 0 unspecified atom stereocenters. The first-order chi connectivity index (χ1) is 9.58. The highest BCUT2D eigenvalue weighted by atomic mass is 79.9. The first kappa shape index (κ1) is 14.0. The summed E-state index contributed by atoms with van der Waals surface area (Å²) in [6, 6.07) is 11.8. The molecule has 0 heterocycles. The fraction of sp³-hybridized carbons (Fsp3) is 0. The van der Waals surface area contributed by atoms with E-state index in [1.807, 2.05) is 6.07 Å². The van der Waals surface area contributed by atoms with Crippen LogP contribution in [0.5, 0.6) is 0 Å². The normalized spacial score (nSPS) is 9.65. The summed E-state index contributed by atoms with van der Waals surface area (Å²) in [6.45, 7) is 0. The van der Waals surface area contributed by atoms with E-state index in [0.717, 1.165) is 4.47 Å². The zero-order chi connectivity index (χ0) is 14.5. The number of urea groups is 1. The van der Waals surface area contributed by atoms with Gasteiger partial charge in [0.25, 0.3) is 0 Å². The Morgan fingerprint density at radius 1 is 1.15 bits per heavy atom. The number of amides is 2. The first-order valence-electron chi connectivity index (χ1n) is 5.62. The molecule has 4 nitrogen and oxygen atoms in total. The number of carbonyl (C=O) groups is 1. The lowest BCUT2D eigenvalue weighted by atomic mass is 10.2. The van der Waals surface area contributed by atoms with Crippen molar-refractivity contribution in [3.8, 4) is 6.07 Å². The predicted octanol–water partition coefficient (Wildman–Crippen LogP) is 4.10. The van der Waals surface area contributed by atoms with Crippen molar-refractivity contribution in [2.24, 2.45) is 0 Å². The van der Waals surface area contributed by atoms with Gasteiger partial charge in [0.2, 0.25) is 0 Å². The molecule has 0 radical (unpaired) electrons. The molecule has 0 aliphatic rings. The Hall–Kier alpha value is -2.39. The van der Waals surface area contributed by atoms with Crippen molar-refractivity contribution < 1.29 is 9.18 Å². The van der Waals surface area contributed by atoms with E-state index in [9.17, 15) is 9.18 Å². The second-order valence-corrected chi connectivity index (χ2v) is 4.80. The van der Waals surface area contributed by atoms with E-state index in [4.69, 9.17) is 5.26 Å². The molecule has 0 aromatic heterocycles. The lowest BCUT2D eigenvalue weighted by Gasteiger charge is -2.09. The lowest BCUT2D eigenvalue weighted by Crippen LogP contribution is -2.20. The molecular formula is C14H9BrFN3O. The molecule has 2 amide bonds. The molecule has 2 aromatic rings. The van der Waals surface area contributed by atoms with Crippen molar-refractivity contribution in [3.05, 3.63) is 58.3 Å². The molecule has 0 aliphatic heterocycles. The van der Waals surface area contributed by atoms with Crippen LogP contribution in [0.4, 0.5) is 20.6 Å². The van der Waals surface area contributed by atoms with Crippen molar-refractivity contribution in [1.29, 1.82) is 5.26 Å². The van der Waals surface area contributed by atoms with E-state index in [1.54, 1.807) is 18.2 Å². The fourth-order valence-electron chi connectivity index (χ4n) is 1.54. The van der Waals surface area contributed by atoms with Gasteiger partial charge in [-0.3, -0.25) is 0 Å². The Kier molecular flexibility index (Phi) is 4.33. The molecule has 6 heteroatoms. The zero-order valence-electron chi connectivity index (χ0n) is 10.2. The summed E-state index contributed by atoms with van der Waals surface area (Å²) in [4.78, 5) is 11.8. The van der Waals surface area contributed by atoms with Crippen LogP contribution in [-0.2, 0) is 0 Å². The first-order valence-corrected chi connectivity index (χ1v) is 6.41. The zero-order valence-corrected chi connectivity index (χ0v) is 11.7. The Bertz CT molecular complexity index is 680. The Morgan fingerprint density at radius 2 is 1.85 bits per heavy atom. The highest BCUT2D eigenvalue weighted by Crippen LogP contribution is 2.21. The summed E-state index contributed by atoms with van der Waals surface area (Å²) in [6.07, 6.45) is 0. The third-order valence-corrected chi connectivity index (χ3v) is 2.95. The molecule has 0 aliphatic carbocycles. The number of hydrogen-bond acceptors (Lipinski definition) is 2. The number of nitrogens with one attached hydrogen (secondary N) is 2. The van der Waals surface area contributed by atoms with Crippen LogP contribution in [0.2, 0.25) is 0 Å². The van der Waals surface area contributed by atoms with Gasteiger partial charge in [-0.1, -0.05) is 15.9 Å². The number of carbonyl (C=O) groups excluding carboxylic acids is 1. The van der Waals surface area contributed by atoms with Crippen LogP contribution >= 0.6 is 15.9 Å². The van der Waals surface area contributed by atoms with Crippen molar-refractivity contribution >= 4 is 33.3 Å². The summed E-state index contributed by atoms with van der Waals surface area (Å²) < 4.78 is 13.5. The average Bonchev–Trinajstić information content (AvgIpc) is 2.41. The summed E-state index contributed by atoms with van der Waals surface area (Å²) in [5, 5.41) is 14.1. The van der Waals surface area contributed by atoms with E-state index in [2.05, 4.69) is 26.6 Å². The van der Waals surface area contributed by atoms with Crippen LogP contribution in [-0.4, -0.2) is 6.03 Å². The van der Waals surface area contributed by atoms with Crippen LogP contribution in [0.1, 0.15) is 5.56 Å². The van der Waals surface area contributed by atoms with Crippen LogP contribution < -0.4 is 10.6 Å². The van der Waals surface area contributed by atoms with Gasteiger partial charge in [-0.15, -0.1) is 0 Å². The maximum absolute atomic E-state index is 12.7. The molecule has 100 valence electrons. The number of rotatable bonds is 2. The SMILES string of the molecule is N#Cc1ccc(Br)cc1NC(=O)Nc1ccc(F)cc1. The fourth-order valence-corrected chi connectivity index (χ4v) is 1.90. The van der Waals surface area contributed by atoms with E-state index < -0.39 is 6.03 Å². The van der Waals surface area contributed by atoms with E-state index in [0.29, 0.717) is 16.9 Å². The molecule has 0 atom stereocenters. The van der Waals surface area contributed by atoms with Crippen LogP contribution in [0.25, 0.3) is 0 Å². The van der Waals surface area contributed by atoms with Gasteiger partial charge in [-0.25, -0.2) is 9.18 Å². The van der Waals surface area contributed by atoms with Gasteiger partial charge >= 0.3 is 6.03 Å². The topological polar surface area (TPSA) is 64.9 Å². The van der Waals surface area contributed by atoms with Crippen molar-refractivity contribution in [1.82, 2.24) is 0 Å². The van der Waals surface area contributed by atoms with Gasteiger partial charge in [0, 0.05) is 10.2 Å². The van der Waals surface area contributed by atoms with Crippen molar-refractivity contribution in [2.75, 3.05) is 10.6 Å². The number of nitriles is 1. The standard InChI is InChI=1S/C14H9BrFN3O/c15-10-2-1-9(8-17)13(7-10)19-14(20)18-12-5-3-11(16)4-6-12/h1-7H,(H2,18,19,20). The van der Waals surface area contributed by atoms with Crippen molar-refractivity contribution in [3.63, 3.8) is 0 Å². The number of nitrogens with zero attached hydrogens (tertiary/aromatic N) is 1. The summed E-state index contributed by atoms with van der Waals surface area (Å²) in [7, 11) is 0. The number of anilines is 2. The summed E-state index contributed by atoms with van der Waals surface area (Å²) >= 11 is 3.27. The maximum atomic E-state index is 12.7. The third kappa shape index (κ3) is 3.56. The van der Waals surface area contributed by atoms with Gasteiger partial charge in [-0.05, 0) is 42.5 Å². The molecule has 0 saturated carbocycles. The molecule has 2 N–H and O–H groups in total. The highest BCUT2D eigenvalue weighted by Gasteiger charge is 2.07. The largest absolute Gasteiger partial charge is 0.323 e. The lowest BCUT2D eigenvalue weighted by molar-refractivity contribution is 0.262. The van der Waals surface area contributed by atoms with Crippen LogP contribution in [0, 0.1) is 17.1 Å². The van der Waals surface area contributed by atoms with E-state index in [1.165, 1.54) is 24.3 Å². The smallest absolute Gasteiger partial charge is 0.308 e.